The maximum absolute atomic E-state index is 5.93. The molecule has 2 rings (SSSR count). The molecule has 1 aromatic carbocycles. The average molecular weight is 358 g/mol. The molecular formula is C15H20BrNO4. The molecule has 0 aromatic heterocycles. The molecule has 0 amide bonds. The molecule has 0 saturated heterocycles. The summed E-state index contributed by atoms with van der Waals surface area (Å²) in [6, 6.07) is 1.84. The van der Waals surface area contributed by atoms with Gasteiger partial charge >= 0.3 is 0 Å². The van der Waals surface area contributed by atoms with Gasteiger partial charge in [0.05, 0.1) is 37.9 Å². The van der Waals surface area contributed by atoms with E-state index in [9.17, 15) is 0 Å². The zero-order valence-electron chi connectivity index (χ0n) is 12.9. The van der Waals surface area contributed by atoms with Crippen molar-refractivity contribution in [1.29, 1.82) is 0 Å². The first-order valence-electron chi connectivity index (χ1n) is 6.73. The molecule has 1 atom stereocenters. The Hall–Kier alpha value is -1.43. The van der Waals surface area contributed by atoms with E-state index in [1.165, 1.54) is 0 Å². The minimum Gasteiger partial charge on any atom is -0.493 e. The summed E-state index contributed by atoms with van der Waals surface area (Å²) in [4.78, 5) is 4.49. The maximum atomic E-state index is 5.93. The van der Waals surface area contributed by atoms with Crippen LogP contribution in [0.4, 0.5) is 0 Å². The standard InChI is InChI=1S/C15H20BrNO4/c1-8(2)11-7-17-15(21-11)9-6-10(18-3)13(19-4)14(20-5)12(9)16/h6,8,11H,7H2,1-5H3/t11-/m0/s1. The lowest BCUT2D eigenvalue weighted by Crippen LogP contribution is -2.20. The lowest BCUT2D eigenvalue weighted by atomic mass is 10.1. The Morgan fingerprint density at radius 3 is 2.33 bits per heavy atom. The number of benzene rings is 1. The third-order valence-corrected chi connectivity index (χ3v) is 4.21. The molecule has 0 N–H and O–H groups in total. The van der Waals surface area contributed by atoms with Crippen molar-refractivity contribution in [1.82, 2.24) is 0 Å². The zero-order valence-corrected chi connectivity index (χ0v) is 14.5. The Labute approximate surface area is 133 Å². The fraction of sp³-hybridized carbons (Fsp3) is 0.533. The van der Waals surface area contributed by atoms with E-state index < -0.39 is 0 Å². The van der Waals surface area contributed by atoms with Gasteiger partial charge in [-0.05, 0) is 27.9 Å². The Kier molecular flexibility index (Phi) is 4.98. The highest BCUT2D eigenvalue weighted by Gasteiger charge is 2.28. The molecule has 21 heavy (non-hydrogen) atoms. The minimum atomic E-state index is 0.103. The van der Waals surface area contributed by atoms with Crippen LogP contribution in [0.5, 0.6) is 17.2 Å². The third-order valence-electron chi connectivity index (χ3n) is 3.42. The molecule has 1 heterocycles. The Morgan fingerprint density at radius 2 is 1.86 bits per heavy atom. The van der Waals surface area contributed by atoms with Gasteiger partial charge in [0.25, 0.3) is 0 Å². The van der Waals surface area contributed by atoms with E-state index in [-0.39, 0.29) is 6.10 Å². The van der Waals surface area contributed by atoms with Crippen molar-refractivity contribution >= 4 is 21.8 Å². The number of methoxy groups -OCH3 is 3. The van der Waals surface area contributed by atoms with Crippen molar-refractivity contribution < 1.29 is 18.9 Å². The molecule has 0 saturated carbocycles. The van der Waals surface area contributed by atoms with Crippen molar-refractivity contribution in [3.05, 3.63) is 16.1 Å². The van der Waals surface area contributed by atoms with Crippen LogP contribution in [0, 0.1) is 5.92 Å². The Bertz CT molecular complexity index is 557. The average Bonchev–Trinajstić information content (AvgIpc) is 2.96. The quantitative estimate of drug-likeness (QED) is 0.811. The second kappa shape index (κ2) is 6.56. The highest BCUT2D eigenvalue weighted by molar-refractivity contribution is 9.10. The first-order valence-corrected chi connectivity index (χ1v) is 7.52. The zero-order chi connectivity index (χ0) is 15.6. The molecule has 5 nitrogen and oxygen atoms in total. The topological polar surface area (TPSA) is 49.3 Å². The van der Waals surface area contributed by atoms with Gasteiger partial charge in [0.2, 0.25) is 11.6 Å². The number of halogens is 1. The SMILES string of the molecule is COc1cc(C2=NC[C@@H](C(C)C)O2)c(Br)c(OC)c1OC. The fourth-order valence-electron chi connectivity index (χ4n) is 2.16. The van der Waals surface area contributed by atoms with Crippen LogP contribution in [-0.4, -0.2) is 39.9 Å². The summed E-state index contributed by atoms with van der Waals surface area (Å²) in [7, 11) is 4.74. The minimum absolute atomic E-state index is 0.103. The first-order chi connectivity index (χ1) is 10.0. The second-order valence-corrected chi connectivity index (χ2v) is 5.85. The van der Waals surface area contributed by atoms with Crippen LogP contribution < -0.4 is 14.2 Å². The first kappa shape index (κ1) is 15.9. The van der Waals surface area contributed by atoms with Gasteiger partial charge in [0.15, 0.2) is 11.5 Å². The van der Waals surface area contributed by atoms with Crippen molar-refractivity contribution in [2.45, 2.75) is 20.0 Å². The van der Waals surface area contributed by atoms with Crippen molar-refractivity contribution in [3.63, 3.8) is 0 Å². The summed E-state index contributed by atoms with van der Waals surface area (Å²) in [6.45, 7) is 4.90. The monoisotopic (exact) mass is 357 g/mol. The molecule has 116 valence electrons. The van der Waals surface area contributed by atoms with E-state index in [1.54, 1.807) is 21.3 Å². The maximum Gasteiger partial charge on any atom is 0.218 e. The van der Waals surface area contributed by atoms with Gasteiger partial charge in [-0.25, -0.2) is 4.99 Å². The summed E-state index contributed by atoms with van der Waals surface area (Å²) >= 11 is 3.54. The summed E-state index contributed by atoms with van der Waals surface area (Å²) < 4.78 is 22.8. The van der Waals surface area contributed by atoms with Crippen molar-refractivity contribution in [2.24, 2.45) is 10.9 Å². The molecular weight excluding hydrogens is 338 g/mol. The fourth-order valence-corrected chi connectivity index (χ4v) is 2.79. The van der Waals surface area contributed by atoms with Crippen LogP contribution >= 0.6 is 15.9 Å². The van der Waals surface area contributed by atoms with Gasteiger partial charge in [0, 0.05) is 0 Å². The van der Waals surface area contributed by atoms with Gasteiger partial charge in [-0.15, -0.1) is 0 Å². The lowest BCUT2D eigenvalue weighted by molar-refractivity contribution is 0.171. The summed E-state index contributed by atoms with van der Waals surface area (Å²) in [5.74, 6) is 2.68. The van der Waals surface area contributed by atoms with E-state index in [1.807, 2.05) is 6.07 Å². The Balaban J connectivity index is 2.46. The van der Waals surface area contributed by atoms with Crippen LogP contribution in [0.3, 0.4) is 0 Å². The third kappa shape index (κ3) is 2.95. The van der Waals surface area contributed by atoms with Crippen LogP contribution in [-0.2, 0) is 4.74 Å². The van der Waals surface area contributed by atoms with E-state index in [2.05, 4.69) is 34.8 Å². The highest BCUT2D eigenvalue weighted by atomic mass is 79.9. The summed E-state index contributed by atoms with van der Waals surface area (Å²) in [6.07, 6.45) is 0.103. The normalized spacial score (nSPS) is 17.5. The van der Waals surface area contributed by atoms with Gasteiger partial charge in [0.1, 0.15) is 6.10 Å². The van der Waals surface area contributed by atoms with Crippen molar-refractivity contribution in [2.75, 3.05) is 27.9 Å². The van der Waals surface area contributed by atoms with E-state index in [0.29, 0.717) is 35.6 Å². The summed E-state index contributed by atoms with van der Waals surface area (Å²) in [5.41, 5.74) is 0.799. The van der Waals surface area contributed by atoms with Crippen LogP contribution in [0.15, 0.2) is 15.5 Å². The summed E-state index contributed by atoms with van der Waals surface area (Å²) in [5, 5.41) is 0. The molecule has 0 aliphatic carbocycles. The predicted octanol–water partition coefficient (Wildman–Crippen LogP) is 3.28. The second-order valence-electron chi connectivity index (χ2n) is 5.05. The molecule has 0 radical (unpaired) electrons. The van der Waals surface area contributed by atoms with E-state index >= 15 is 0 Å². The van der Waals surface area contributed by atoms with E-state index in [0.717, 1.165) is 10.0 Å². The number of hydrogen-bond acceptors (Lipinski definition) is 5. The lowest BCUT2D eigenvalue weighted by Gasteiger charge is -2.18. The van der Waals surface area contributed by atoms with Crippen LogP contribution in [0.1, 0.15) is 19.4 Å². The number of aliphatic imine (C=N–C) groups is 1. The van der Waals surface area contributed by atoms with Gasteiger partial charge in [-0.1, -0.05) is 13.8 Å². The molecule has 0 bridgehead atoms. The number of rotatable bonds is 5. The highest BCUT2D eigenvalue weighted by Crippen LogP contribution is 2.45. The Morgan fingerprint density at radius 1 is 1.19 bits per heavy atom. The molecule has 0 unspecified atom stereocenters. The smallest absolute Gasteiger partial charge is 0.218 e. The number of ether oxygens (including phenoxy) is 4. The molecule has 6 heteroatoms. The molecule has 1 aliphatic heterocycles. The predicted molar refractivity (Wildman–Crippen MR) is 84.9 cm³/mol. The van der Waals surface area contributed by atoms with Crippen molar-refractivity contribution in [3.8, 4) is 17.2 Å². The van der Waals surface area contributed by atoms with Gasteiger partial charge in [-0.3, -0.25) is 0 Å². The molecule has 0 fully saturated rings. The van der Waals surface area contributed by atoms with Crippen LogP contribution in [0.25, 0.3) is 0 Å². The van der Waals surface area contributed by atoms with E-state index in [4.69, 9.17) is 18.9 Å². The number of hydrogen-bond donors (Lipinski definition) is 0. The largest absolute Gasteiger partial charge is 0.493 e. The number of nitrogens with zero attached hydrogens (tertiary/aromatic N) is 1. The van der Waals surface area contributed by atoms with Gasteiger partial charge < -0.3 is 18.9 Å². The molecule has 0 spiro atoms. The van der Waals surface area contributed by atoms with Gasteiger partial charge in [-0.2, -0.15) is 0 Å². The van der Waals surface area contributed by atoms with Crippen LogP contribution in [0.2, 0.25) is 0 Å². The molecule has 1 aromatic rings. The molecule has 1 aliphatic rings.